The molecule has 19 heavy (non-hydrogen) atoms. The fourth-order valence-corrected chi connectivity index (χ4v) is 3.05. The lowest BCUT2D eigenvalue weighted by atomic mass is 9.94. The first-order chi connectivity index (χ1) is 8.72. The summed E-state index contributed by atoms with van der Waals surface area (Å²) in [4.78, 5) is 2.46. The molecule has 1 N–H and O–H groups in total. The van der Waals surface area contributed by atoms with Crippen LogP contribution in [0.3, 0.4) is 0 Å². The van der Waals surface area contributed by atoms with Crippen LogP contribution >= 0.6 is 24.0 Å². The molecule has 1 aromatic rings. The fraction of sp³-hybridized carbons (Fsp3) is 0.600. The van der Waals surface area contributed by atoms with E-state index in [4.69, 9.17) is 11.6 Å². The average Bonchev–Trinajstić information content (AvgIpc) is 2.41. The number of phenols is 1. The molecule has 2 nitrogen and oxygen atoms in total. The lowest BCUT2D eigenvalue weighted by Crippen LogP contribution is -2.36. The first kappa shape index (κ1) is 16.6. The number of phenolic OH excluding ortho intramolecular Hbond substituents is 1. The molecule has 0 atom stereocenters. The van der Waals surface area contributed by atoms with Crippen molar-refractivity contribution in [2.75, 3.05) is 6.54 Å². The van der Waals surface area contributed by atoms with E-state index in [0.717, 1.165) is 18.7 Å². The molecule has 1 aliphatic carbocycles. The van der Waals surface area contributed by atoms with Gasteiger partial charge in [-0.15, -0.1) is 12.4 Å². The minimum absolute atomic E-state index is 0. The summed E-state index contributed by atoms with van der Waals surface area (Å²) in [6.07, 6.45) is 6.62. The molecule has 4 heteroatoms. The van der Waals surface area contributed by atoms with Crippen molar-refractivity contribution in [1.29, 1.82) is 0 Å². The Morgan fingerprint density at radius 2 is 1.95 bits per heavy atom. The number of nitrogens with zero attached hydrogens (tertiary/aromatic N) is 1. The summed E-state index contributed by atoms with van der Waals surface area (Å²) < 4.78 is 0. The Hall–Kier alpha value is -0.440. The van der Waals surface area contributed by atoms with E-state index in [2.05, 4.69) is 11.8 Å². The highest BCUT2D eigenvalue weighted by Gasteiger charge is 2.21. The molecule has 0 radical (unpaired) electrons. The van der Waals surface area contributed by atoms with Crippen LogP contribution in [0.2, 0.25) is 5.02 Å². The number of halogens is 2. The van der Waals surface area contributed by atoms with Gasteiger partial charge in [-0.3, -0.25) is 4.90 Å². The summed E-state index contributed by atoms with van der Waals surface area (Å²) in [6.45, 7) is 4.01. The molecule has 1 fully saturated rings. The second-order valence-electron chi connectivity index (χ2n) is 5.10. The van der Waals surface area contributed by atoms with Gasteiger partial charge in [0.2, 0.25) is 0 Å². The van der Waals surface area contributed by atoms with Gasteiger partial charge >= 0.3 is 0 Å². The van der Waals surface area contributed by atoms with Gasteiger partial charge in [-0.25, -0.2) is 0 Å². The van der Waals surface area contributed by atoms with Gasteiger partial charge in [0.05, 0.1) is 5.02 Å². The third kappa shape index (κ3) is 4.27. The van der Waals surface area contributed by atoms with E-state index in [-0.39, 0.29) is 18.2 Å². The van der Waals surface area contributed by atoms with Crippen molar-refractivity contribution < 1.29 is 5.11 Å². The van der Waals surface area contributed by atoms with Crippen molar-refractivity contribution in [2.45, 2.75) is 51.6 Å². The fourth-order valence-electron chi connectivity index (χ4n) is 2.85. The topological polar surface area (TPSA) is 23.5 Å². The number of aromatic hydroxyl groups is 1. The predicted molar refractivity (Wildman–Crippen MR) is 83.3 cm³/mol. The molecule has 0 unspecified atom stereocenters. The monoisotopic (exact) mass is 303 g/mol. The zero-order chi connectivity index (χ0) is 13.0. The summed E-state index contributed by atoms with van der Waals surface area (Å²) in [5, 5.41) is 10.4. The van der Waals surface area contributed by atoms with E-state index in [1.807, 2.05) is 12.1 Å². The van der Waals surface area contributed by atoms with Crippen molar-refractivity contribution >= 4 is 24.0 Å². The van der Waals surface area contributed by atoms with Crippen molar-refractivity contribution in [3.05, 3.63) is 28.8 Å². The molecule has 108 valence electrons. The Bertz CT molecular complexity index is 392. The first-order valence-electron chi connectivity index (χ1n) is 6.92. The number of hydrogen-bond acceptors (Lipinski definition) is 2. The van der Waals surface area contributed by atoms with Crippen molar-refractivity contribution in [3.63, 3.8) is 0 Å². The van der Waals surface area contributed by atoms with Gasteiger partial charge in [0.15, 0.2) is 0 Å². The molecule has 1 aliphatic rings. The van der Waals surface area contributed by atoms with E-state index in [1.54, 1.807) is 6.07 Å². The van der Waals surface area contributed by atoms with E-state index in [9.17, 15) is 5.11 Å². The van der Waals surface area contributed by atoms with E-state index in [1.165, 1.54) is 32.1 Å². The normalized spacial score (nSPS) is 16.4. The molecule has 0 aromatic heterocycles. The van der Waals surface area contributed by atoms with Crippen molar-refractivity contribution in [3.8, 4) is 5.75 Å². The van der Waals surface area contributed by atoms with Gasteiger partial charge in [0.25, 0.3) is 0 Å². The van der Waals surface area contributed by atoms with Gasteiger partial charge in [0.1, 0.15) is 5.75 Å². The highest BCUT2D eigenvalue weighted by Crippen LogP contribution is 2.30. The van der Waals surface area contributed by atoms with Crippen LogP contribution in [0.15, 0.2) is 18.2 Å². The molecule has 2 rings (SSSR count). The second kappa shape index (κ2) is 7.98. The molecule has 0 saturated heterocycles. The number of rotatable bonds is 4. The highest BCUT2D eigenvalue weighted by molar-refractivity contribution is 6.32. The molecule has 1 aromatic carbocycles. The smallest absolute Gasteiger partial charge is 0.138 e. The largest absolute Gasteiger partial charge is 0.506 e. The number of benzene rings is 1. The molecule has 0 aliphatic heterocycles. The summed E-state index contributed by atoms with van der Waals surface area (Å²) in [5.74, 6) is 0.244. The molecule has 0 heterocycles. The van der Waals surface area contributed by atoms with Crippen LogP contribution in [0.4, 0.5) is 0 Å². The van der Waals surface area contributed by atoms with Crippen LogP contribution in [-0.4, -0.2) is 22.6 Å². The van der Waals surface area contributed by atoms with Crippen LogP contribution in [0.5, 0.6) is 5.75 Å². The lowest BCUT2D eigenvalue weighted by Gasteiger charge is -2.33. The minimum Gasteiger partial charge on any atom is -0.506 e. The lowest BCUT2D eigenvalue weighted by molar-refractivity contribution is 0.154. The quantitative estimate of drug-likeness (QED) is 0.877. The van der Waals surface area contributed by atoms with E-state index < -0.39 is 0 Å². The van der Waals surface area contributed by atoms with Gasteiger partial charge in [-0.2, -0.15) is 0 Å². The van der Waals surface area contributed by atoms with Crippen LogP contribution in [0, 0.1) is 0 Å². The van der Waals surface area contributed by atoms with E-state index in [0.29, 0.717) is 11.1 Å². The zero-order valence-corrected chi connectivity index (χ0v) is 13.0. The maximum absolute atomic E-state index is 9.98. The Labute approximate surface area is 127 Å². The Kier molecular flexibility index (Phi) is 6.98. The third-order valence-corrected chi connectivity index (χ3v) is 4.25. The summed E-state index contributed by atoms with van der Waals surface area (Å²) >= 11 is 5.96. The molecule has 0 spiro atoms. The third-order valence-electron chi connectivity index (χ3n) is 3.94. The van der Waals surface area contributed by atoms with Crippen molar-refractivity contribution in [2.24, 2.45) is 0 Å². The Balaban J connectivity index is 0.00000180. The van der Waals surface area contributed by atoms with Crippen molar-refractivity contribution in [1.82, 2.24) is 4.90 Å². The summed E-state index contributed by atoms with van der Waals surface area (Å²) in [7, 11) is 0. The highest BCUT2D eigenvalue weighted by atomic mass is 35.5. The maximum Gasteiger partial charge on any atom is 0.138 e. The van der Waals surface area contributed by atoms with Gasteiger partial charge < -0.3 is 5.11 Å². The predicted octanol–water partition coefficient (Wildman–Crippen LogP) is 4.62. The standard InChI is InChI=1S/C15H22ClNO.ClH/c1-2-17(13-8-4-3-5-9-13)11-12-7-6-10-14(16)15(12)18;/h6-7,10,13,18H,2-5,8-9,11H2,1H3;1H. The summed E-state index contributed by atoms with van der Waals surface area (Å²) in [6, 6.07) is 6.28. The van der Waals surface area contributed by atoms with E-state index >= 15 is 0 Å². The SMILES string of the molecule is CCN(Cc1cccc(Cl)c1O)C1CCCCC1.Cl. The molecule has 0 bridgehead atoms. The maximum atomic E-state index is 9.98. The molecule has 1 saturated carbocycles. The Morgan fingerprint density at radius 1 is 1.26 bits per heavy atom. The average molecular weight is 304 g/mol. The first-order valence-corrected chi connectivity index (χ1v) is 7.30. The summed E-state index contributed by atoms with van der Waals surface area (Å²) in [5.41, 5.74) is 0.940. The molecule has 0 amide bonds. The van der Waals surface area contributed by atoms with Crippen LogP contribution < -0.4 is 0 Å². The number of hydrogen-bond donors (Lipinski definition) is 1. The molecular formula is C15H23Cl2NO. The van der Waals surface area contributed by atoms with Crippen LogP contribution in [0.25, 0.3) is 0 Å². The van der Waals surface area contributed by atoms with Gasteiger partial charge in [-0.05, 0) is 25.5 Å². The second-order valence-corrected chi connectivity index (χ2v) is 5.51. The van der Waals surface area contributed by atoms with Crippen LogP contribution in [-0.2, 0) is 6.54 Å². The minimum atomic E-state index is 0. The number of para-hydroxylation sites is 1. The Morgan fingerprint density at radius 3 is 2.58 bits per heavy atom. The van der Waals surface area contributed by atoms with Crippen LogP contribution in [0.1, 0.15) is 44.6 Å². The zero-order valence-electron chi connectivity index (χ0n) is 11.4. The molecular weight excluding hydrogens is 281 g/mol. The van der Waals surface area contributed by atoms with Gasteiger partial charge in [-0.1, -0.05) is 49.9 Å². The van der Waals surface area contributed by atoms with Gasteiger partial charge in [0, 0.05) is 18.2 Å².